The number of aromatic nitrogens is 3. The Labute approximate surface area is 163 Å². The van der Waals surface area contributed by atoms with E-state index in [0.29, 0.717) is 23.1 Å². The fourth-order valence-electron chi connectivity index (χ4n) is 2.36. The number of hydrogen-bond acceptors (Lipinski definition) is 6. The van der Waals surface area contributed by atoms with Gasteiger partial charge >= 0.3 is 0 Å². The molecule has 2 amide bonds. The lowest BCUT2D eigenvalue weighted by molar-refractivity contribution is -0.132. The van der Waals surface area contributed by atoms with E-state index in [1.807, 2.05) is 25.3 Å². The predicted octanol–water partition coefficient (Wildman–Crippen LogP) is 2.45. The zero-order valence-corrected chi connectivity index (χ0v) is 16.8. The number of anilines is 1. The standard InChI is InChI=1S/C18H25N5O3S/c1-5-22(10-16(24)20-14-7-6-8-15(9-14)26-4)17(25)11-27-18-21-19-12-23(18)13(2)3/h6-9,12-13H,5,10-11H2,1-4H3,(H,20,24). The van der Waals surface area contributed by atoms with Gasteiger partial charge in [0.05, 0.1) is 19.4 Å². The van der Waals surface area contributed by atoms with E-state index in [-0.39, 0.29) is 30.2 Å². The number of ether oxygens (including phenoxy) is 1. The SMILES string of the molecule is CCN(CC(=O)Nc1cccc(OC)c1)C(=O)CSc1nncn1C(C)C. The van der Waals surface area contributed by atoms with Crippen molar-refractivity contribution in [3.8, 4) is 5.75 Å². The van der Waals surface area contributed by atoms with E-state index in [9.17, 15) is 9.59 Å². The molecular formula is C18H25N5O3S. The molecule has 0 fully saturated rings. The Balaban J connectivity index is 1.90. The lowest BCUT2D eigenvalue weighted by Crippen LogP contribution is -2.38. The second-order valence-electron chi connectivity index (χ2n) is 6.09. The van der Waals surface area contributed by atoms with Crippen molar-refractivity contribution in [2.24, 2.45) is 0 Å². The van der Waals surface area contributed by atoms with E-state index in [1.54, 1.807) is 37.7 Å². The second-order valence-corrected chi connectivity index (χ2v) is 7.03. The molecule has 0 atom stereocenters. The largest absolute Gasteiger partial charge is 0.497 e. The van der Waals surface area contributed by atoms with Crippen molar-refractivity contribution < 1.29 is 14.3 Å². The number of carbonyl (C=O) groups is 2. The van der Waals surface area contributed by atoms with E-state index < -0.39 is 0 Å². The minimum absolute atomic E-state index is 0.00995. The molecule has 27 heavy (non-hydrogen) atoms. The zero-order chi connectivity index (χ0) is 19.8. The first-order chi connectivity index (χ1) is 12.9. The van der Waals surface area contributed by atoms with Crippen LogP contribution in [-0.2, 0) is 9.59 Å². The van der Waals surface area contributed by atoms with Gasteiger partial charge in [0, 0.05) is 24.3 Å². The topological polar surface area (TPSA) is 89.3 Å². The van der Waals surface area contributed by atoms with E-state index in [4.69, 9.17) is 4.74 Å². The van der Waals surface area contributed by atoms with Crippen LogP contribution in [0.1, 0.15) is 26.8 Å². The van der Waals surface area contributed by atoms with Crippen molar-refractivity contribution in [3.05, 3.63) is 30.6 Å². The summed E-state index contributed by atoms with van der Waals surface area (Å²) in [5, 5.41) is 11.4. The number of carbonyl (C=O) groups excluding carboxylic acids is 2. The van der Waals surface area contributed by atoms with Crippen molar-refractivity contribution >= 4 is 29.3 Å². The highest BCUT2D eigenvalue weighted by atomic mass is 32.2. The van der Waals surface area contributed by atoms with Crippen LogP contribution in [-0.4, -0.2) is 57.4 Å². The molecular weight excluding hydrogens is 366 g/mol. The molecule has 0 aliphatic carbocycles. The molecule has 0 unspecified atom stereocenters. The van der Waals surface area contributed by atoms with Gasteiger partial charge in [-0.1, -0.05) is 17.8 Å². The van der Waals surface area contributed by atoms with Gasteiger partial charge in [-0.25, -0.2) is 0 Å². The van der Waals surface area contributed by atoms with Crippen molar-refractivity contribution in [1.29, 1.82) is 0 Å². The number of methoxy groups -OCH3 is 1. The first kappa shape index (κ1) is 20.8. The Morgan fingerprint density at radius 3 is 2.81 bits per heavy atom. The molecule has 1 aromatic heterocycles. The third-order valence-electron chi connectivity index (χ3n) is 3.84. The molecule has 1 heterocycles. The Kier molecular flexibility index (Phi) is 7.66. The number of rotatable bonds is 9. The van der Waals surface area contributed by atoms with Gasteiger partial charge < -0.3 is 19.5 Å². The molecule has 0 saturated heterocycles. The van der Waals surface area contributed by atoms with Crippen molar-refractivity contribution in [2.45, 2.75) is 32.0 Å². The van der Waals surface area contributed by atoms with Crippen molar-refractivity contribution in [1.82, 2.24) is 19.7 Å². The van der Waals surface area contributed by atoms with Gasteiger partial charge in [0.2, 0.25) is 11.8 Å². The maximum Gasteiger partial charge on any atom is 0.243 e. The molecule has 9 heteroatoms. The number of hydrogen-bond donors (Lipinski definition) is 1. The summed E-state index contributed by atoms with van der Waals surface area (Å²) in [5.74, 6) is 0.475. The Morgan fingerprint density at radius 2 is 2.15 bits per heavy atom. The Bertz CT molecular complexity index is 778. The molecule has 0 radical (unpaired) electrons. The summed E-state index contributed by atoms with van der Waals surface area (Å²) in [6.07, 6.45) is 1.65. The molecule has 146 valence electrons. The molecule has 0 spiro atoms. The smallest absolute Gasteiger partial charge is 0.243 e. The summed E-state index contributed by atoms with van der Waals surface area (Å²) in [6.45, 7) is 6.33. The Morgan fingerprint density at radius 1 is 1.37 bits per heavy atom. The molecule has 0 aliphatic rings. The van der Waals surface area contributed by atoms with Crippen LogP contribution in [0.5, 0.6) is 5.75 Å². The molecule has 0 bridgehead atoms. The highest BCUT2D eigenvalue weighted by Crippen LogP contribution is 2.19. The summed E-state index contributed by atoms with van der Waals surface area (Å²) in [6, 6.07) is 7.30. The number of nitrogens with one attached hydrogen (secondary N) is 1. The van der Waals surface area contributed by atoms with E-state index >= 15 is 0 Å². The maximum atomic E-state index is 12.5. The van der Waals surface area contributed by atoms with Gasteiger partial charge in [0.1, 0.15) is 12.1 Å². The third kappa shape index (κ3) is 5.99. The minimum atomic E-state index is -0.256. The quantitative estimate of drug-likeness (QED) is 0.661. The van der Waals surface area contributed by atoms with Gasteiger partial charge in [-0.3, -0.25) is 9.59 Å². The van der Waals surface area contributed by atoms with Crippen LogP contribution in [0.2, 0.25) is 0 Å². The van der Waals surface area contributed by atoms with E-state index in [1.165, 1.54) is 16.7 Å². The van der Waals surface area contributed by atoms with Crippen LogP contribution < -0.4 is 10.1 Å². The summed E-state index contributed by atoms with van der Waals surface area (Å²) in [7, 11) is 1.57. The lowest BCUT2D eigenvalue weighted by Gasteiger charge is -2.20. The Hall–Kier alpha value is -2.55. The summed E-state index contributed by atoms with van der Waals surface area (Å²) in [5.41, 5.74) is 0.627. The second kappa shape index (κ2) is 9.96. The highest BCUT2D eigenvalue weighted by Gasteiger charge is 2.18. The number of benzene rings is 1. The van der Waals surface area contributed by atoms with Crippen molar-refractivity contribution in [3.63, 3.8) is 0 Å². The predicted molar refractivity (Wildman–Crippen MR) is 105 cm³/mol. The monoisotopic (exact) mass is 391 g/mol. The fraction of sp³-hybridized carbons (Fsp3) is 0.444. The third-order valence-corrected chi connectivity index (χ3v) is 4.79. The number of nitrogens with zero attached hydrogens (tertiary/aromatic N) is 4. The minimum Gasteiger partial charge on any atom is -0.497 e. The molecule has 1 N–H and O–H groups in total. The zero-order valence-electron chi connectivity index (χ0n) is 16.0. The maximum absolute atomic E-state index is 12.5. The number of amides is 2. The first-order valence-electron chi connectivity index (χ1n) is 8.68. The average molecular weight is 391 g/mol. The molecule has 2 aromatic rings. The first-order valence-corrected chi connectivity index (χ1v) is 9.67. The van der Waals surface area contributed by atoms with Crippen LogP contribution in [0.3, 0.4) is 0 Å². The number of thioether (sulfide) groups is 1. The highest BCUT2D eigenvalue weighted by molar-refractivity contribution is 7.99. The molecule has 0 aliphatic heterocycles. The molecule has 1 aromatic carbocycles. The van der Waals surface area contributed by atoms with Crippen LogP contribution in [0.25, 0.3) is 0 Å². The number of likely N-dealkylation sites (N-methyl/N-ethyl adjacent to an activating group) is 1. The normalized spacial score (nSPS) is 10.7. The summed E-state index contributed by atoms with van der Waals surface area (Å²) in [4.78, 5) is 26.3. The summed E-state index contributed by atoms with van der Waals surface area (Å²) < 4.78 is 7.05. The van der Waals surface area contributed by atoms with Gasteiger partial charge in [0.15, 0.2) is 5.16 Å². The molecule has 2 rings (SSSR count). The van der Waals surface area contributed by atoms with Gasteiger partial charge in [-0.2, -0.15) is 0 Å². The van der Waals surface area contributed by atoms with Crippen LogP contribution in [0, 0.1) is 0 Å². The molecule has 8 nitrogen and oxygen atoms in total. The van der Waals surface area contributed by atoms with Gasteiger partial charge in [-0.05, 0) is 32.9 Å². The fourth-order valence-corrected chi connectivity index (χ4v) is 3.31. The van der Waals surface area contributed by atoms with Gasteiger partial charge in [-0.15, -0.1) is 10.2 Å². The van der Waals surface area contributed by atoms with E-state index in [2.05, 4.69) is 15.5 Å². The molecule has 0 saturated carbocycles. The van der Waals surface area contributed by atoms with Crippen LogP contribution >= 0.6 is 11.8 Å². The van der Waals surface area contributed by atoms with E-state index in [0.717, 1.165) is 0 Å². The van der Waals surface area contributed by atoms with Crippen molar-refractivity contribution in [2.75, 3.05) is 31.3 Å². The van der Waals surface area contributed by atoms with Crippen LogP contribution in [0.4, 0.5) is 5.69 Å². The van der Waals surface area contributed by atoms with Gasteiger partial charge in [0.25, 0.3) is 0 Å². The van der Waals surface area contributed by atoms with Crippen LogP contribution in [0.15, 0.2) is 35.7 Å². The lowest BCUT2D eigenvalue weighted by atomic mass is 10.3. The average Bonchev–Trinajstić information content (AvgIpc) is 3.13. The summed E-state index contributed by atoms with van der Waals surface area (Å²) >= 11 is 1.32.